The summed E-state index contributed by atoms with van der Waals surface area (Å²) in [4.78, 5) is 26.1. The maximum absolute atomic E-state index is 12.3. The number of rotatable bonds is 5. The van der Waals surface area contributed by atoms with Crippen molar-refractivity contribution in [1.82, 2.24) is 5.43 Å². The number of amides is 2. The number of phenols is 1. The third-order valence-electron chi connectivity index (χ3n) is 4.20. The molecule has 0 aliphatic carbocycles. The minimum Gasteiger partial charge on any atom is -0.507 e. The molecule has 7 nitrogen and oxygen atoms in total. The molecule has 1 heterocycles. The van der Waals surface area contributed by atoms with E-state index < -0.39 is 5.92 Å². The van der Waals surface area contributed by atoms with Crippen LogP contribution in [0.1, 0.15) is 12.0 Å². The summed E-state index contributed by atoms with van der Waals surface area (Å²) in [5.74, 6) is -0.146. The van der Waals surface area contributed by atoms with E-state index in [1.165, 1.54) is 12.3 Å². The highest BCUT2D eigenvalue weighted by Crippen LogP contribution is 2.26. The summed E-state index contributed by atoms with van der Waals surface area (Å²) in [5, 5.41) is 13.5. The number of phenolic OH excluding ortho intramolecular Hbond substituents is 1. The van der Waals surface area contributed by atoms with E-state index in [-0.39, 0.29) is 24.0 Å². The van der Waals surface area contributed by atoms with Gasteiger partial charge in [-0.3, -0.25) is 9.59 Å². The quantitative estimate of drug-likeness (QED) is 0.634. The van der Waals surface area contributed by atoms with Gasteiger partial charge in [-0.25, -0.2) is 5.43 Å². The normalized spacial score (nSPS) is 16.9. The number of hydrazone groups is 1. The van der Waals surface area contributed by atoms with Gasteiger partial charge in [0, 0.05) is 24.2 Å². The van der Waals surface area contributed by atoms with Crippen LogP contribution in [0.25, 0.3) is 0 Å². The van der Waals surface area contributed by atoms with Gasteiger partial charge in [-0.1, -0.05) is 12.1 Å². The third kappa shape index (κ3) is 3.83. The molecule has 1 atom stereocenters. The van der Waals surface area contributed by atoms with Crippen molar-refractivity contribution in [1.29, 1.82) is 0 Å². The summed E-state index contributed by atoms with van der Waals surface area (Å²) in [6, 6.07) is 13.8. The molecule has 1 fully saturated rings. The molecular weight excluding hydrogens is 334 g/mol. The summed E-state index contributed by atoms with van der Waals surface area (Å²) >= 11 is 0. The zero-order chi connectivity index (χ0) is 18.5. The number of nitrogens with one attached hydrogen (secondary N) is 1. The molecule has 0 spiro atoms. The Morgan fingerprint density at radius 3 is 2.69 bits per heavy atom. The smallest absolute Gasteiger partial charge is 0.245 e. The van der Waals surface area contributed by atoms with Gasteiger partial charge in [0.1, 0.15) is 11.5 Å². The molecule has 0 bridgehead atoms. The number of para-hydroxylation sites is 1. The van der Waals surface area contributed by atoms with Crippen molar-refractivity contribution in [3.8, 4) is 11.5 Å². The summed E-state index contributed by atoms with van der Waals surface area (Å²) in [5.41, 5.74) is 3.65. The van der Waals surface area contributed by atoms with Crippen LogP contribution in [0.4, 0.5) is 5.69 Å². The lowest BCUT2D eigenvalue weighted by molar-refractivity contribution is -0.126. The summed E-state index contributed by atoms with van der Waals surface area (Å²) in [6.07, 6.45) is 1.50. The largest absolute Gasteiger partial charge is 0.507 e. The number of aromatic hydroxyl groups is 1. The fourth-order valence-electron chi connectivity index (χ4n) is 2.75. The molecule has 2 aromatic carbocycles. The molecule has 0 aromatic heterocycles. The maximum Gasteiger partial charge on any atom is 0.245 e. The molecule has 2 N–H and O–H groups in total. The maximum atomic E-state index is 12.3. The van der Waals surface area contributed by atoms with E-state index in [1.807, 2.05) is 0 Å². The number of carbonyl (C=O) groups excluding carboxylic acids is 2. The highest BCUT2D eigenvalue weighted by Gasteiger charge is 2.35. The second-order valence-corrected chi connectivity index (χ2v) is 5.90. The Balaban J connectivity index is 1.60. The van der Waals surface area contributed by atoms with Gasteiger partial charge < -0.3 is 14.7 Å². The Kier molecular flexibility index (Phi) is 5.17. The first-order valence-corrected chi connectivity index (χ1v) is 8.14. The Morgan fingerprint density at radius 1 is 1.27 bits per heavy atom. The van der Waals surface area contributed by atoms with Crippen LogP contribution in [-0.4, -0.2) is 36.8 Å². The van der Waals surface area contributed by atoms with E-state index in [9.17, 15) is 14.7 Å². The lowest BCUT2D eigenvalue weighted by atomic mass is 10.1. The fourth-order valence-corrected chi connectivity index (χ4v) is 2.75. The van der Waals surface area contributed by atoms with Crippen LogP contribution in [0.3, 0.4) is 0 Å². The fraction of sp³-hybridized carbons (Fsp3) is 0.211. The Morgan fingerprint density at radius 2 is 2.00 bits per heavy atom. The van der Waals surface area contributed by atoms with E-state index in [0.29, 0.717) is 17.9 Å². The lowest BCUT2D eigenvalue weighted by Gasteiger charge is -2.16. The molecule has 2 amide bonds. The first-order chi connectivity index (χ1) is 12.6. The summed E-state index contributed by atoms with van der Waals surface area (Å²) in [6.45, 7) is 0.295. The molecule has 134 valence electrons. The van der Waals surface area contributed by atoms with E-state index in [4.69, 9.17) is 4.74 Å². The van der Waals surface area contributed by atoms with Gasteiger partial charge in [0.15, 0.2) is 0 Å². The Labute approximate surface area is 150 Å². The zero-order valence-corrected chi connectivity index (χ0v) is 14.3. The monoisotopic (exact) mass is 353 g/mol. The average Bonchev–Trinajstić information content (AvgIpc) is 3.05. The van der Waals surface area contributed by atoms with Crippen molar-refractivity contribution in [2.45, 2.75) is 6.42 Å². The van der Waals surface area contributed by atoms with Gasteiger partial charge in [0.2, 0.25) is 11.8 Å². The molecule has 0 radical (unpaired) electrons. The minimum atomic E-state index is -0.480. The van der Waals surface area contributed by atoms with Crippen molar-refractivity contribution in [3.63, 3.8) is 0 Å². The average molecular weight is 353 g/mol. The van der Waals surface area contributed by atoms with Crippen LogP contribution in [-0.2, 0) is 9.59 Å². The molecule has 2 aromatic rings. The Bertz CT molecular complexity index is 833. The standard InChI is InChI=1S/C19H19N3O4/c1-26-16-8-6-15(7-9-16)22-12-14(10-18(22)24)19(25)21-20-11-13-4-2-3-5-17(13)23/h2-9,11,14,23H,10,12H2,1H3,(H,21,25)/b20-11+/t14-/m1/s1. The van der Waals surface area contributed by atoms with Crippen LogP contribution in [0, 0.1) is 5.92 Å². The van der Waals surface area contributed by atoms with Crippen LogP contribution in [0.2, 0.25) is 0 Å². The molecule has 7 heteroatoms. The van der Waals surface area contributed by atoms with Gasteiger partial charge in [-0.05, 0) is 36.4 Å². The first kappa shape index (κ1) is 17.5. The molecule has 1 aliphatic rings. The molecule has 3 rings (SSSR count). The van der Waals surface area contributed by atoms with Crippen molar-refractivity contribution < 1.29 is 19.4 Å². The third-order valence-corrected chi connectivity index (χ3v) is 4.20. The van der Waals surface area contributed by atoms with Gasteiger partial charge in [-0.15, -0.1) is 0 Å². The number of hydrogen-bond donors (Lipinski definition) is 2. The molecular formula is C19H19N3O4. The predicted octanol–water partition coefficient (Wildman–Crippen LogP) is 1.90. The Hall–Kier alpha value is -3.35. The predicted molar refractivity (Wildman–Crippen MR) is 97.3 cm³/mol. The summed E-state index contributed by atoms with van der Waals surface area (Å²) in [7, 11) is 1.58. The number of methoxy groups -OCH3 is 1. The van der Waals surface area contributed by atoms with Crippen molar-refractivity contribution in [2.24, 2.45) is 11.0 Å². The molecule has 1 aliphatic heterocycles. The van der Waals surface area contributed by atoms with Crippen LogP contribution in [0.15, 0.2) is 53.6 Å². The number of carbonyl (C=O) groups is 2. The molecule has 0 unspecified atom stereocenters. The molecule has 0 saturated carbocycles. The lowest BCUT2D eigenvalue weighted by Crippen LogP contribution is -2.30. The number of nitrogens with zero attached hydrogens (tertiary/aromatic N) is 2. The minimum absolute atomic E-state index is 0.0761. The topological polar surface area (TPSA) is 91.2 Å². The van der Waals surface area contributed by atoms with Gasteiger partial charge >= 0.3 is 0 Å². The number of ether oxygens (including phenoxy) is 1. The van der Waals surface area contributed by atoms with Gasteiger partial charge in [0.25, 0.3) is 0 Å². The molecule has 1 saturated heterocycles. The van der Waals surface area contributed by atoms with Crippen molar-refractivity contribution >= 4 is 23.7 Å². The van der Waals surface area contributed by atoms with E-state index in [0.717, 1.165) is 5.69 Å². The number of anilines is 1. The summed E-state index contributed by atoms with van der Waals surface area (Å²) < 4.78 is 5.11. The van der Waals surface area contributed by atoms with Gasteiger partial charge in [0.05, 0.1) is 19.2 Å². The second-order valence-electron chi connectivity index (χ2n) is 5.90. The highest BCUT2D eigenvalue weighted by atomic mass is 16.5. The van der Waals surface area contributed by atoms with E-state index >= 15 is 0 Å². The van der Waals surface area contributed by atoms with E-state index in [1.54, 1.807) is 54.5 Å². The number of benzene rings is 2. The SMILES string of the molecule is COc1ccc(N2C[C@H](C(=O)N/N=C/c3ccccc3O)CC2=O)cc1. The van der Waals surface area contributed by atoms with Gasteiger partial charge in [-0.2, -0.15) is 5.10 Å². The van der Waals surface area contributed by atoms with Crippen LogP contribution in [0.5, 0.6) is 11.5 Å². The van der Waals surface area contributed by atoms with Crippen molar-refractivity contribution in [2.75, 3.05) is 18.6 Å². The van der Waals surface area contributed by atoms with Crippen molar-refractivity contribution in [3.05, 3.63) is 54.1 Å². The van der Waals surface area contributed by atoms with Crippen LogP contribution < -0.4 is 15.1 Å². The van der Waals surface area contributed by atoms with Crippen LogP contribution >= 0.6 is 0 Å². The second kappa shape index (κ2) is 7.69. The first-order valence-electron chi connectivity index (χ1n) is 8.14. The van der Waals surface area contributed by atoms with E-state index in [2.05, 4.69) is 10.5 Å². The number of hydrogen-bond acceptors (Lipinski definition) is 5. The molecule has 26 heavy (non-hydrogen) atoms. The highest BCUT2D eigenvalue weighted by molar-refractivity contribution is 6.00. The zero-order valence-electron chi connectivity index (χ0n) is 14.3.